The smallest absolute Gasteiger partial charge is 0.122 e. The van der Waals surface area contributed by atoms with Gasteiger partial charge in [0, 0.05) is 32.2 Å². The summed E-state index contributed by atoms with van der Waals surface area (Å²) in [6.07, 6.45) is 2.52. The fourth-order valence-corrected chi connectivity index (χ4v) is 2.62. The average Bonchev–Trinajstić information content (AvgIpc) is 2.94. The highest BCUT2D eigenvalue weighted by Crippen LogP contribution is 2.30. The van der Waals surface area contributed by atoms with Gasteiger partial charge in [-0.05, 0) is 12.8 Å². The maximum absolute atomic E-state index is 5.60. The van der Waals surface area contributed by atoms with Gasteiger partial charge in [0.15, 0.2) is 0 Å². The van der Waals surface area contributed by atoms with Gasteiger partial charge in [-0.2, -0.15) is 0 Å². The van der Waals surface area contributed by atoms with Crippen molar-refractivity contribution in [1.82, 2.24) is 10.3 Å². The minimum absolute atomic E-state index is 0.248. The van der Waals surface area contributed by atoms with E-state index >= 15 is 0 Å². The van der Waals surface area contributed by atoms with Gasteiger partial charge in [-0.1, -0.05) is 0 Å². The molecular formula is C11H18N2O2S. The van der Waals surface area contributed by atoms with Crippen LogP contribution in [-0.2, 0) is 16.0 Å². The van der Waals surface area contributed by atoms with Crippen molar-refractivity contribution in [3.8, 4) is 0 Å². The highest BCUT2D eigenvalue weighted by Gasteiger charge is 2.20. The Morgan fingerprint density at radius 1 is 1.69 bits per heavy atom. The number of nitrogens with zero attached hydrogens (tertiary/aromatic N) is 1. The van der Waals surface area contributed by atoms with Gasteiger partial charge in [0.2, 0.25) is 0 Å². The molecule has 0 saturated carbocycles. The van der Waals surface area contributed by atoms with Crippen LogP contribution >= 0.6 is 11.3 Å². The molecule has 16 heavy (non-hydrogen) atoms. The second-order valence-electron chi connectivity index (χ2n) is 3.85. The molecule has 1 N–H and O–H groups in total. The first-order chi connectivity index (χ1) is 7.90. The second-order valence-corrected chi connectivity index (χ2v) is 4.74. The van der Waals surface area contributed by atoms with Crippen molar-refractivity contribution in [1.29, 1.82) is 0 Å². The lowest BCUT2D eigenvalue weighted by Gasteiger charge is -2.04. The van der Waals surface area contributed by atoms with Crippen LogP contribution in [0.4, 0.5) is 0 Å². The van der Waals surface area contributed by atoms with E-state index in [1.165, 1.54) is 0 Å². The highest BCUT2D eigenvalue weighted by molar-refractivity contribution is 7.09. The summed E-state index contributed by atoms with van der Waals surface area (Å²) in [7, 11) is 1.71. The summed E-state index contributed by atoms with van der Waals surface area (Å²) in [5.41, 5.74) is 1.10. The monoisotopic (exact) mass is 242 g/mol. The van der Waals surface area contributed by atoms with Crippen LogP contribution in [0.5, 0.6) is 0 Å². The molecule has 1 unspecified atom stereocenters. The Kier molecular flexibility index (Phi) is 4.71. The van der Waals surface area contributed by atoms with Crippen LogP contribution in [0.1, 0.15) is 29.6 Å². The molecule has 0 spiro atoms. The number of rotatable bonds is 6. The van der Waals surface area contributed by atoms with Crippen molar-refractivity contribution >= 4 is 11.3 Å². The summed E-state index contributed by atoms with van der Waals surface area (Å²) in [5.74, 6) is 0. The van der Waals surface area contributed by atoms with Gasteiger partial charge in [-0.3, -0.25) is 0 Å². The molecule has 2 heterocycles. The van der Waals surface area contributed by atoms with Gasteiger partial charge in [-0.25, -0.2) is 4.98 Å². The van der Waals surface area contributed by atoms with Crippen LogP contribution in [0.15, 0.2) is 5.38 Å². The van der Waals surface area contributed by atoms with E-state index in [0.29, 0.717) is 0 Å². The molecule has 1 atom stereocenters. The zero-order chi connectivity index (χ0) is 11.2. The van der Waals surface area contributed by atoms with Crippen LogP contribution < -0.4 is 5.32 Å². The van der Waals surface area contributed by atoms with Crippen LogP contribution in [0, 0.1) is 0 Å². The highest BCUT2D eigenvalue weighted by atomic mass is 32.1. The molecule has 5 heteroatoms. The number of hydrogen-bond acceptors (Lipinski definition) is 5. The molecule has 0 bridgehead atoms. The fourth-order valence-electron chi connectivity index (χ4n) is 1.71. The summed E-state index contributed by atoms with van der Waals surface area (Å²) in [6.45, 7) is 3.30. The van der Waals surface area contributed by atoms with E-state index in [0.717, 1.165) is 49.8 Å². The van der Waals surface area contributed by atoms with Crippen LogP contribution in [0.25, 0.3) is 0 Å². The van der Waals surface area contributed by atoms with Crippen LogP contribution in [0.2, 0.25) is 0 Å². The van der Waals surface area contributed by atoms with Gasteiger partial charge in [0.25, 0.3) is 0 Å². The Labute approximate surface area is 100.0 Å². The topological polar surface area (TPSA) is 43.4 Å². The first kappa shape index (κ1) is 12.0. The van der Waals surface area contributed by atoms with E-state index in [-0.39, 0.29) is 6.10 Å². The van der Waals surface area contributed by atoms with Crippen molar-refractivity contribution in [3.05, 3.63) is 16.1 Å². The van der Waals surface area contributed by atoms with E-state index in [1.807, 2.05) is 0 Å². The van der Waals surface area contributed by atoms with Crippen LogP contribution in [-0.4, -0.2) is 31.9 Å². The maximum Gasteiger partial charge on any atom is 0.122 e. The number of methoxy groups -OCH3 is 1. The summed E-state index contributed by atoms with van der Waals surface area (Å²) in [4.78, 5) is 4.58. The van der Waals surface area contributed by atoms with E-state index in [9.17, 15) is 0 Å². The molecule has 0 aromatic carbocycles. The molecule has 90 valence electrons. The third kappa shape index (κ3) is 3.25. The van der Waals surface area contributed by atoms with E-state index in [2.05, 4.69) is 15.7 Å². The third-order valence-electron chi connectivity index (χ3n) is 2.56. The molecule has 0 radical (unpaired) electrons. The van der Waals surface area contributed by atoms with Gasteiger partial charge in [-0.15, -0.1) is 11.3 Å². The molecule has 1 aromatic rings. The predicted molar refractivity (Wildman–Crippen MR) is 63.6 cm³/mol. The molecular weight excluding hydrogens is 224 g/mol. The molecule has 1 fully saturated rings. The lowest BCUT2D eigenvalue weighted by atomic mass is 10.2. The van der Waals surface area contributed by atoms with E-state index in [1.54, 1.807) is 18.4 Å². The number of hydrogen-bond donors (Lipinski definition) is 1. The first-order valence-electron chi connectivity index (χ1n) is 5.65. The first-order valence-corrected chi connectivity index (χ1v) is 6.53. The van der Waals surface area contributed by atoms with Gasteiger partial charge in [0.1, 0.15) is 11.1 Å². The lowest BCUT2D eigenvalue weighted by molar-refractivity contribution is 0.111. The number of thiazole rings is 1. The normalized spacial score (nSPS) is 20.4. The minimum Gasteiger partial charge on any atom is -0.383 e. The van der Waals surface area contributed by atoms with E-state index < -0.39 is 0 Å². The van der Waals surface area contributed by atoms with Gasteiger partial charge in [0.05, 0.1) is 12.3 Å². The zero-order valence-electron chi connectivity index (χ0n) is 9.57. The average molecular weight is 242 g/mol. The van der Waals surface area contributed by atoms with Crippen molar-refractivity contribution < 1.29 is 9.47 Å². The Morgan fingerprint density at radius 2 is 2.62 bits per heavy atom. The minimum atomic E-state index is 0.248. The fraction of sp³-hybridized carbons (Fsp3) is 0.727. The van der Waals surface area contributed by atoms with Gasteiger partial charge < -0.3 is 14.8 Å². The van der Waals surface area contributed by atoms with Crippen molar-refractivity contribution in [3.63, 3.8) is 0 Å². The Morgan fingerprint density at radius 3 is 3.38 bits per heavy atom. The third-order valence-corrected chi connectivity index (χ3v) is 3.55. The number of ether oxygens (including phenoxy) is 2. The number of aromatic nitrogens is 1. The Balaban J connectivity index is 1.77. The largest absolute Gasteiger partial charge is 0.383 e. The van der Waals surface area contributed by atoms with Gasteiger partial charge >= 0.3 is 0 Å². The second kappa shape index (κ2) is 6.30. The SMILES string of the molecule is COCCNCc1csc(C2CCCO2)n1. The maximum atomic E-state index is 5.60. The molecule has 1 aromatic heterocycles. The van der Waals surface area contributed by atoms with Crippen molar-refractivity contribution in [2.24, 2.45) is 0 Å². The summed E-state index contributed by atoms with van der Waals surface area (Å²) >= 11 is 1.70. The lowest BCUT2D eigenvalue weighted by Crippen LogP contribution is -2.18. The Bertz CT molecular complexity index is 311. The molecule has 4 nitrogen and oxygen atoms in total. The molecule has 1 aliphatic heterocycles. The number of nitrogens with one attached hydrogen (secondary N) is 1. The quantitative estimate of drug-likeness (QED) is 0.772. The zero-order valence-corrected chi connectivity index (χ0v) is 10.4. The molecule has 1 aliphatic rings. The van der Waals surface area contributed by atoms with Crippen molar-refractivity contribution in [2.45, 2.75) is 25.5 Å². The molecule has 2 rings (SSSR count). The molecule has 0 amide bonds. The summed E-state index contributed by atoms with van der Waals surface area (Å²) in [5, 5.41) is 6.52. The summed E-state index contributed by atoms with van der Waals surface area (Å²) in [6, 6.07) is 0. The van der Waals surface area contributed by atoms with Crippen LogP contribution in [0.3, 0.4) is 0 Å². The molecule has 0 aliphatic carbocycles. The molecule has 1 saturated heterocycles. The predicted octanol–water partition coefficient (Wildman–Crippen LogP) is 1.73. The van der Waals surface area contributed by atoms with E-state index in [4.69, 9.17) is 9.47 Å². The summed E-state index contributed by atoms with van der Waals surface area (Å²) < 4.78 is 10.6. The van der Waals surface area contributed by atoms with Crippen molar-refractivity contribution in [2.75, 3.05) is 26.9 Å². The Hall–Kier alpha value is -0.490. The standard InChI is InChI=1S/C11H18N2O2S/c1-14-6-4-12-7-9-8-16-11(13-9)10-3-2-5-15-10/h8,10,12H,2-7H2,1H3.